The van der Waals surface area contributed by atoms with E-state index in [-0.39, 0.29) is 5.38 Å². The first-order valence-electron chi connectivity index (χ1n) is 3.32. The van der Waals surface area contributed by atoms with Gasteiger partial charge in [0.2, 0.25) is 0 Å². The molecule has 0 aliphatic rings. The van der Waals surface area contributed by atoms with Crippen LogP contribution in [0.3, 0.4) is 0 Å². The molecule has 0 saturated carbocycles. The number of hydrogen-bond acceptors (Lipinski definition) is 1. The number of nitrogens with zero attached hydrogens (tertiary/aromatic N) is 1. The van der Waals surface area contributed by atoms with Crippen LogP contribution in [0.25, 0.3) is 0 Å². The molecular formula is C9H7ClN. The maximum Gasteiger partial charge on any atom is 0.0721 e. The summed E-state index contributed by atoms with van der Waals surface area (Å²) >= 11 is 5.85. The summed E-state index contributed by atoms with van der Waals surface area (Å²) < 4.78 is 0. The third kappa shape index (κ3) is 2.25. The molecular weight excluding hydrogens is 158 g/mol. The molecule has 1 nitrogen and oxygen atoms in total. The largest absolute Gasteiger partial charge is 0.198 e. The summed E-state index contributed by atoms with van der Waals surface area (Å²) in [7, 11) is 0. The van der Waals surface area contributed by atoms with Gasteiger partial charge in [-0.1, -0.05) is 24.3 Å². The molecule has 0 aromatic heterocycles. The third-order valence-electron chi connectivity index (χ3n) is 1.34. The van der Waals surface area contributed by atoms with Crippen molar-refractivity contribution in [3.05, 3.63) is 35.9 Å². The standard InChI is InChI=1S/C9H7ClN/c10-9(6-7-11)8-4-2-1-3-5-8/h1-4,9H,6H2. The molecule has 1 aromatic carbocycles. The molecule has 1 aromatic rings. The molecule has 0 spiro atoms. The van der Waals surface area contributed by atoms with Crippen LogP contribution < -0.4 is 0 Å². The Balaban J connectivity index is 2.70. The fraction of sp³-hybridized carbons (Fsp3) is 0.222. The summed E-state index contributed by atoms with van der Waals surface area (Å²) in [5.41, 5.74) is 0.885. The second-order valence-corrected chi connectivity index (χ2v) is 2.67. The Kier molecular flexibility index (Phi) is 2.95. The van der Waals surface area contributed by atoms with E-state index >= 15 is 0 Å². The molecule has 2 heteroatoms. The summed E-state index contributed by atoms with van der Waals surface area (Å²) in [4.78, 5) is 0. The van der Waals surface area contributed by atoms with Gasteiger partial charge < -0.3 is 0 Å². The molecule has 55 valence electrons. The molecule has 1 radical (unpaired) electrons. The molecule has 0 fully saturated rings. The Morgan fingerprint density at radius 2 is 2.45 bits per heavy atom. The molecule has 0 N–H and O–H groups in total. The second-order valence-electron chi connectivity index (χ2n) is 2.15. The zero-order valence-electron chi connectivity index (χ0n) is 5.92. The van der Waals surface area contributed by atoms with Crippen LogP contribution >= 0.6 is 11.6 Å². The monoisotopic (exact) mass is 164 g/mol. The van der Waals surface area contributed by atoms with Crippen LogP contribution in [-0.2, 0) is 0 Å². The number of rotatable bonds is 2. The second kappa shape index (κ2) is 4.00. The van der Waals surface area contributed by atoms with Gasteiger partial charge in [-0.15, -0.1) is 11.6 Å². The van der Waals surface area contributed by atoms with Crippen LogP contribution in [0.15, 0.2) is 24.3 Å². The predicted molar refractivity (Wildman–Crippen MR) is 44.1 cm³/mol. The lowest BCUT2D eigenvalue weighted by Gasteiger charge is -2.02. The zero-order chi connectivity index (χ0) is 8.10. The Hall–Kier alpha value is -1.00. The Bertz CT molecular complexity index is 250. The average Bonchev–Trinajstić information content (AvgIpc) is 2.07. The number of nitriles is 1. The summed E-state index contributed by atoms with van der Waals surface area (Å²) in [5.74, 6) is 0. The minimum Gasteiger partial charge on any atom is -0.198 e. The van der Waals surface area contributed by atoms with Gasteiger partial charge in [-0.05, 0) is 11.6 Å². The van der Waals surface area contributed by atoms with E-state index in [1.807, 2.05) is 24.3 Å². The highest BCUT2D eigenvalue weighted by Gasteiger charge is 2.04. The van der Waals surface area contributed by atoms with E-state index in [0.717, 1.165) is 5.56 Å². The summed E-state index contributed by atoms with van der Waals surface area (Å²) in [6.07, 6.45) is 0.335. The van der Waals surface area contributed by atoms with Crippen molar-refractivity contribution in [2.45, 2.75) is 11.8 Å². The van der Waals surface area contributed by atoms with Gasteiger partial charge in [-0.25, -0.2) is 0 Å². The van der Waals surface area contributed by atoms with Crippen LogP contribution in [-0.4, -0.2) is 0 Å². The molecule has 0 amide bonds. The van der Waals surface area contributed by atoms with E-state index < -0.39 is 0 Å². The Morgan fingerprint density at radius 3 is 3.00 bits per heavy atom. The van der Waals surface area contributed by atoms with Crippen LogP contribution in [0.2, 0.25) is 0 Å². The summed E-state index contributed by atoms with van der Waals surface area (Å²) in [6, 6.07) is 12.4. The molecule has 11 heavy (non-hydrogen) atoms. The Labute approximate surface area is 71.2 Å². The highest BCUT2D eigenvalue weighted by atomic mass is 35.5. The number of benzene rings is 1. The fourth-order valence-electron chi connectivity index (χ4n) is 0.792. The smallest absolute Gasteiger partial charge is 0.0721 e. The number of hydrogen-bond donors (Lipinski definition) is 0. The number of alkyl halides is 1. The highest BCUT2D eigenvalue weighted by molar-refractivity contribution is 6.20. The van der Waals surface area contributed by atoms with Gasteiger partial charge in [-0.3, -0.25) is 0 Å². The fourth-order valence-corrected chi connectivity index (χ4v) is 0.997. The normalized spacial score (nSPS) is 12.0. The zero-order valence-corrected chi connectivity index (χ0v) is 6.67. The van der Waals surface area contributed by atoms with E-state index in [0.29, 0.717) is 6.42 Å². The molecule has 0 aliphatic heterocycles. The molecule has 0 aliphatic carbocycles. The Morgan fingerprint density at radius 1 is 1.64 bits per heavy atom. The van der Waals surface area contributed by atoms with Gasteiger partial charge in [0.15, 0.2) is 0 Å². The summed E-state index contributed by atoms with van der Waals surface area (Å²) in [5, 5.41) is 8.13. The van der Waals surface area contributed by atoms with Gasteiger partial charge in [0, 0.05) is 0 Å². The molecule has 1 unspecified atom stereocenters. The minimum atomic E-state index is -0.221. The van der Waals surface area contributed by atoms with E-state index in [4.69, 9.17) is 16.9 Å². The van der Waals surface area contributed by atoms with Crippen molar-refractivity contribution in [3.8, 4) is 6.07 Å². The maximum absolute atomic E-state index is 8.35. The first-order valence-corrected chi connectivity index (χ1v) is 3.76. The van der Waals surface area contributed by atoms with Crippen LogP contribution in [0.5, 0.6) is 0 Å². The van der Waals surface area contributed by atoms with Crippen LogP contribution in [0.1, 0.15) is 17.4 Å². The van der Waals surface area contributed by atoms with Gasteiger partial charge in [0.05, 0.1) is 17.9 Å². The lowest BCUT2D eigenvalue weighted by atomic mass is 10.1. The third-order valence-corrected chi connectivity index (χ3v) is 1.73. The van der Waals surface area contributed by atoms with E-state index in [1.165, 1.54) is 0 Å². The van der Waals surface area contributed by atoms with Gasteiger partial charge >= 0.3 is 0 Å². The van der Waals surface area contributed by atoms with Crippen molar-refractivity contribution in [1.82, 2.24) is 0 Å². The van der Waals surface area contributed by atoms with E-state index in [2.05, 4.69) is 6.07 Å². The SMILES string of the molecule is N#CCC(Cl)c1[c]cccc1. The topological polar surface area (TPSA) is 23.8 Å². The maximum atomic E-state index is 8.35. The van der Waals surface area contributed by atoms with E-state index in [1.54, 1.807) is 6.07 Å². The lowest BCUT2D eigenvalue weighted by molar-refractivity contribution is 0.964. The highest BCUT2D eigenvalue weighted by Crippen LogP contribution is 2.22. The molecule has 1 atom stereocenters. The van der Waals surface area contributed by atoms with Crippen molar-refractivity contribution < 1.29 is 0 Å². The van der Waals surface area contributed by atoms with Gasteiger partial charge in [-0.2, -0.15) is 5.26 Å². The first-order chi connectivity index (χ1) is 5.34. The van der Waals surface area contributed by atoms with Gasteiger partial charge in [0.1, 0.15) is 0 Å². The van der Waals surface area contributed by atoms with Crippen molar-refractivity contribution in [2.75, 3.05) is 0 Å². The van der Waals surface area contributed by atoms with Crippen molar-refractivity contribution in [1.29, 1.82) is 5.26 Å². The molecule has 0 heterocycles. The van der Waals surface area contributed by atoms with E-state index in [9.17, 15) is 0 Å². The van der Waals surface area contributed by atoms with Gasteiger partial charge in [0.25, 0.3) is 0 Å². The van der Waals surface area contributed by atoms with Crippen LogP contribution in [0, 0.1) is 17.4 Å². The quantitative estimate of drug-likeness (QED) is 0.617. The van der Waals surface area contributed by atoms with Crippen molar-refractivity contribution >= 4 is 11.6 Å². The molecule has 0 bridgehead atoms. The lowest BCUT2D eigenvalue weighted by Crippen LogP contribution is -1.87. The molecule has 0 saturated heterocycles. The first kappa shape index (κ1) is 8.10. The predicted octanol–water partition coefficient (Wildman–Crippen LogP) is 2.68. The van der Waals surface area contributed by atoms with Crippen molar-refractivity contribution in [2.24, 2.45) is 0 Å². The average molecular weight is 165 g/mol. The van der Waals surface area contributed by atoms with Crippen LogP contribution in [0.4, 0.5) is 0 Å². The van der Waals surface area contributed by atoms with Crippen molar-refractivity contribution in [3.63, 3.8) is 0 Å². The number of halogens is 1. The minimum absolute atomic E-state index is 0.221. The summed E-state index contributed by atoms with van der Waals surface area (Å²) in [6.45, 7) is 0. The molecule has 1 rings (SSSR count).